The lowest BCUT2D eigenvalue weighted by atomic mass is 10.00. The lowest BCUT2D eigenvalue weighted by molar-refractivity contribution is 0.0428. The van der Waals surface area contributed by atoms with Crippen LogP contribution in [0.5, 0.6) is 0 Å². The topological polar surface area (TPSA) is 76.5 Å². The number of amides is 2. The van der Waals surface area contributed by atoms with E-state index in [4.69, 9.17) is 4.74 Å². The average Bonchev–Trinajstić information content (AvgIpc) is 3.20. The van der Waals surface area contributed by atoms with E-state index in [0.29, 0.717) is 12.2 Å². The number of nitrogens with one attached hydrogen (secondary N) is 1. The van der Waals surface area contributed by atoms with Gasteiger partial charge < -0.3 is 9.64 Å². The highest BCUT2D eigenvalue weighted by Gasteiger charge is 2.36. The van der Waals surface area contributed by atoms with Crippen LogP contribution >= 0.6 is 0 Å². The van der Waals surface area contributed by atoms with Crippen molar-refractivity contribution in [3.8, 4) is 0 Å². The normalized spacial score (nSPS) is 16.2. The van der Waals surface area contributed by atoms with Crippen molar-refractivity contribution >= 4 is 23.4 Å². The Labute approximate surface area is 196 Å². The highest BCUT2D eigenvalue weighted by atomic mass is 19.3. The van der Waals surface area contributed by atoms with Crippen molar-refractivity contribution < 1.29 is 23.1 Å². The SMILES string of the molecule is C[C@H]1CN(c2ccc(C(F)(F)c3ccccc3)cc2)C(=O)c2c(NC(=O)OC(C)(C)C)cnn21. The van der Waals surface area contributed by atoms with Gasteiger partial charge in [0.25, 0.3) is 11.8 Å². The molecule has 1 aromatic heterocycles. The number of hydrogen-bond donors (Lipinski definition) is 1. The molecule has 0 bridgehead atoms. The number of fused-ring (bicyclic) bond motifs is 1. The van der Waals surface area contributed by atoms with Gasteiger partial charge in [0.05, 0.1) is 17.9 Å². The van der Waals surface area contributed by atoms with Gasteiger partial charge in [0, 0.05) is 23.4 Å². The van der Waals surface area contributed by atoms with Gasteiger partial charge in [0.15, 0.2) is 5.69 Å². The van der Waals surface area contributed by atoms with Crippen LogP contribution in [0, 0.1) is 0 Å². The molecule has 1 atom stereocenters. The summed E-state index contributed by atoms with van der Waals surface area (Å²) in [5, 5.41) is 6.83. The average molecular weight is 469 g/mol. The fraction of sp³-hybridized carbons (Fsp3) is 0.320. The number of carbonyl (C=O) groups excluding carboxylic acids is 2. The molecule has 2 aromatic carbocycles. The Balaban J connectivity index is 1.59. The highest BCUT2D eigenvalue weighted by Crippen LogP contribution is 2.37. The molecule has 0 spiro atoms. The molecular formula is C25H26F2N4O3. The second-order valence-electron chi connectivity index (χ2n) is 9.23. The predicted molar refractivity (Wildman–Crippen MR) is 124 cm³/mol. The van der Waals surface area contributed by atoms with Gasteiger partial charge in [-0.15, -0.1) is 0 Å². The van der Waals surface area contributed by atoms with E-state index in [2.05, 4.69) is 10.4 Å². The Morgan fingerprint density at radius 1 is 1.06 bits per heavy atom. The van der Waals surface area contributed by atoms with Crippen LogP contribution in [0.2, 0.25) is 0 Å². The van der Waals surface area contributed by atoms with E-state index in [0.717, 1.165) is 0 Å². The summed E-state index contributed by atoms with van der Waals surface area (Å²) in [5.74, 6) is -3.56. The van der Waals surface area contributed by atoms with E-state index >= 15 is 0 Å². The monoisotopic (exact) mass is 468 g/mol. The van der Waals surface area contributed by atoms with Gasteiger partial charge in [-0.1, -0.05) is 42.5 Å². The van der Waals surface area contributed by atoms with Crippen LogP contribution < -0.4 is 10.2 Å². The molecule has 0 saturated carbocycles. The minimum Gasteiger partial charge on any atom is -0.444 e. The molecule has 34 heavy (non-hydrogen) atoms. The third-order valence-electron chi connectivity index (χ3n) is 5.42. The number of ether oxygens (including phenoxy) is 1. The molecule has 9 heteroatoms. The fourth-order valence-corrected chi connectivity index (χ4v) is 3.85. The van der Waals surface area contributed by atoms with E-state index in [-0.39, 0.29) is 28.6 Å². The molecule has 0 unspecified atom stereocenters. The highest BCUT2D eigenvalue weighted by molar-refractivity contribution is 6.10. The zero-order valence-electron chi connectivity index (χ0n) is 19.4. The van der Waals surface area contributed by atoms with Gasteiger partial charge in [-0.2, -0.15) is 13.9 Å². The molecule has 0 saturated heterocycles. The van der Waals surface area contributed by atoms with Crippen molar-refractivity contribution in [3.05, 3.63) is 77.6 Å². The van der Waals surface area contributed by atoms with Crippen molar-refractivity contribution in [2.45, 2.75) is 45.3 Å². The Bertz CT molecular complexity index is 1200. The van der Waals surface area contributed by atoms with E-state index in [9.17, 15) is 18.4 Å². The zero-order valence-corrected chi connectivity index (χ0v) is 19.4. The standard InChI is InChI=1S/C25H26F2N4O3/c1-16-15-30(19-12-10-18(11-13-19)25(26,27)17-8-6-5-7-9-17)22(32)21-20(14-28-31(16)21)29-23(33)34-24(2,3)4/h5-14,16H,15H2,1-4H3,(H,29,33)/t16-/m0/s1. The van der Waals surface area contributed by atoms with Crippen LogP contribution in [0.25, 0.3) is 0 Å². The summed E-state index contributed by atoms with van der Waals surface area (Å²) in [4.78, 5) is 27.1. The third kappa shape index (κ3) is 4.50. The lowest BCUT2D eigenvalue weighted by Gasteiger charge is -2.32. The molecule has 3 aromatic rings. The maximum atomic E-state index is 14.9. The number of rotatable bonds is 4. The van der Waals surface area contributed by atoms with Gasteiger partial charge >= 0.3 is 6.09 Å². The minimum absolute atomic E-state index is 0.104. The van der Waals surface area contributed by atoms with Crippen molar-refractivity contribution in [1.29, 1.82) is 0 Å². The summed E-state index contributed by atoms with van der Waals surface area (Å²) in [6.07, 6.45) is 0.703. The van der Waals surface area contributed by atoms with Crippen LogP contribution in [-0.2, 0) is 10.7 Å². The first-order chi connectivity index (χ1) is 16.0. The number of carbonyl (C=O) groups is 2. The Morgan fingerprint density at radius 3 is 2.29 bits per heavy atom. The predicted octanol–water partition coefficient (Wildman–Crippen LogP) is 5.59. The van der Waals surface area contributed by atoms with Crippen LogP contribution in [0.1, 0.15) is 55.4 Å². The van der Waals surface area contributed by atoms with E-state index < -0.39 is 23.5 Å². The zero-order chi connectivity index (χ0) is 24.7. The molecule has 7 nitrogen and oxygen atoms in total. The summed E-state index contributed by atoms with van der Waals surface area (Å²) >= 11 is 0. The van der Waals surface area contributed by atoms with Crippen LogP contribution in [0.3, 0.4) is 0 Å². The van der Waals surface area contributed by atoms with E-state index in [1.165, 1.54) is 47.5 Å². The molecule has 1 aliphatic rings. The summed E-state index contributed by atoms with van der Waals surface area (Å²) in [7, 11) is 0. The maximum absolute atomic E-state index is 14.9. The second kappa shape index (κ2) is 8.55. The van der Waals surface area contributed by atoms with Crippen molar-refractivity contribution in [1.82, 2.24) is 9.78 Å². The third-order valence-corrected chi connectivity index (χ3v) is 5.42. The molecule has 4 rings (SSSR count). The first kappa shape index (κ1) is 23.4. The molecule has 2 heterocycles. The second-order valence-corrected chi connectivity index (χ2v) is 9.23. The van der Waals surface area contributed by atoms with Gasteiger partial charge in [0.1, 0.15) is 5.60 Å². The molecule has 2 amide bonds. The van der Waals surface area contributed by atoms with Gasteiger partial charge in [-0.25, -0.2) is 4.79 Å². The fourth-order valence-electron chi connectivity index (χ4n) is 3.85. The molecular weight excluding hydrogens is 442 g/mol. The molecule has 1 aliphatic heterocycles. The number of aromatic nitrogens is 2. The van der Waals surface area contributed by atoms with Crippen molar-refractivity contribution in [3.63, 3.8) is 0 Å². The Kier molecular flexibility index (Phi) is 5.89. The van der Waals surface area contributed by atoms with Crippen molar-refractivity contribution in [2.75, 3.05) is 16.8 Å². The minimum atomic E-state index is -3.16. The largest absolute Gasteiger partial charge is 0.444 e. The van der Waals surface area contributed by atoms with Crippen LogP contribution in [0.4, 0.5) is 25.0 Å². The number of halogens is 2. The first-order valence-corrected chi connectivity index (χ1v) is 10.9. The first-order valence-electron chi connectivity index (χ1n) is 10.9. The van der Waals surface area contributed by atoms with Crippen LogP contribution in [0.15, 0.2) is 60.8 Å². The lowest BCUT2D eigenvalue weighted by Crippen LogP contribution is -2.43. The molecule has 0 fully saturated rings. The Hall–Kier alpha value is -3.75. The quantitative estimate of drug-likeness (QED) is 0.541. The summed E-state index contributed by atoms with van der Waals surface area (Å²) in [6.45, 7) is 7.39. The van der Waals surface area contributed by atoms with Crippen molar-refractivity contribution in [2.24, 2.45) is 0 Å². The van der Waals surface area contributed by atoms with Gasteiger partial charge in [-0.05, 0) is 39.8 Å². The smallest absolute Gasteiger partial charge is 0.412 e. The maximum Gasteiger partial charge on any atom is 0.412 e. The van der Waals surface area contributed by atoms with E-state index in [1.807, 2.05) is 6.92 Å². The number of benzene rings is 2. The Morgan fingerprint density at radius 2 is 1.68 bits per heavy atom. The number of hydrogen-bond acceptors (Lipinski definition) is 4. The molecule has 0 aliphatic carbocycles. The number of anilines is 2. The molecule has 1 N–H and O–H groups in total. The summed E-state index contributed by atoms with van der Waals surface area (Å²) in [5.41, 5.74) is -0.0829. The molecule has 178 valence electrons. The van der Waals surface area contributed by atoms with Gasteiger partial charge in [-0.3, -0.25) is 14.8 Å². The number of alkyl halides is 2. The van der Waals surface area contributed by atoms with Crippen LogP contribution in [-0.4, -0.2) is 33.9 Å². The number of nitrogens with zero attached hydrogens (tertiary/aromatic N) is 3. The van der Waals surface area contributed by atoms with Gasteiger partial charge in [0.2, 0.25) is 0 Å². The molecule has 0 radical (unpaired) electrons. The summed E-state index contributed by atoms with van der Waals surface area (Å²) in [6, 6.07) is 13.0. The van der Waals surface area contributed by atoms with E-state index in [1.54, 1.807) is 43.7 Å². The summed E-state index contributed by atoms with van der Waals surface area (Å²) < 4.78 is 36.6.